The maximum Gasteiger partial charge on any atom is 0.347 e. The van der Waals surface area contributed by atoms with Crippen molar-refractivity contribution in [2.75, 3.05) is 6.61 Å². The van der Waals surface area contributed by atoms with Crippen molar-refractivity contribution in [3.05, 3.63) is 0 Å². The van der Waals surface area contributed by atoms with Gasteiger partial charge in [-0.25, -0.2) is 9.79 Å². The van der Waals surface area contributed by atoms with E-state index in [0.717, 1.165) is 0 Å². The van der Waals surface area contributed by atoms with Crippen molar-refractivity contribution in [3.63, 3.8) is 0 Å². The number of carbonyl (C=O) groups excluding carboxylic acids is 2. The van der Waals surface area contributed by atoms with E-state index in [9.17, 15) is 9.59 Å². The Morgan fingerprint density at radius 3 is 2.36 bits per heavy atom. The maximum absolute atomic E-state index is 10.6. The first kappa shape index (κ1) is 9.77. The van der Waals surface area contributed by atoms with Gasteiger partial charge in [-0.05, 0) is 13.8 Å². The van der Waals surface area contributed by atoms with Crippen LogP contribution in [-0.2, 0) is 4.79 Å². The number of aliphatic imine (C=N–C) groups is 1. The van der Waals surface area contributed by atoms with Gasteiger partial charge in [-0.3, -0.25) is 10.1 Å². The molecule has 2 N–H and O–H groups in total. The second-order valence-electron chi connectivity index (χ2n) is 2.07. The van der Waals surface area contributed by atoms with Crippen LogP contribution in [0.3, 0.4) is 0 Å². The van der Waals surface area contributed by atoms with Crippen LogP contribution in [-0.4, -0.2) is 29.4 Å². The largest absolute Gasteiger partial charge is 0.387 e. The minimum absolute atomic E-state index is 0.549. The number of nitrogens with one attached hydrogen (secondary N) is 1. The van der Waals surface area contributed by atoms with Crippen molar-refractivity contribution in [2.24, 2.45) is 4.99 Å². The number of aliphatic hydroxyl groups excluding tert-OH is 1. The summed E-state index contributed by atoms with van der Waals surface area (Å²) in [6.07, 6.45) is 0. The molecule has 0 saturated heterocycles. The first-order valence-electron chi connectivity index (χ1n) is 3.03. The average molecular weight is 158 g/mol. The molecule has 0 bridgehead atoms. The van der Waals surface area contributed by atoms with Gasteiger partial charge < -0.3 is 5.11 Å². The first-order chi connectivity index (χ1) is 5.06. The predicted octanol–water partition coefficient (Wildman–Crippen LogP) is -0.304. The molecule has 0 aliphatic heterocycles. The lowest BCUT2D eigenvalue weighted by Gasteiger charge is -1.95. The number of imide groups is 1. The van der Waals surface area contributed by atoms with Gasteiger partial charge in [0.1, 0.15) is 6.61 Å². The van der Waals surface area contributed by atoms with Crippen molar-refractivity contribution in [2.45, 2.75) is 13.8 Å². The molecule has 11 heavy (non-hydrogen) atoms. The molecular weight excluding hydrogens is 148 g/mol. The van der Waals surface area contributed by atoms with Gasteiger partial charge in [-0.1, -0.05) is 0 Å². The van der Waals surface area contributed by atoms with Gasteiger partial charge >= 0.3 is 6.03 Å². The van der Waals surface area contributed by atoms with Crippen LogP contribution >= 0.6 is 0 Å². The predicted molar refractivity (Wildman–Crippen MR) is 39.4 cm³/mol. The summed E-state index contributed by atoms with van der Waals surface area (Å²) in [5.74, 6) is -0.750. The van der Waals surface area contributed by atoms with E-state index >= 15 is 0 Å². The molecule has 0 fully saturated rings. The third-order valence-corrected chi connectivity index (χ3v) is 0.715. The van der Waals surface area contributed by atoms with Gasteiger partial charge in [0, 0.05) is 5.71 Å². The molecule has 0 aromatic heterocycles. The molecule has 0 rings (SSSR count). The van der Waals surface area contributed by atoms with E-state index in [2.05, 4.69) is 4.99 Å². The lowest BCUT2D eigenvalue weighted by Crippen LogP contribution is -2.30. The van der Waals surface area contributed by atoms with E-state index in [1.165, 1.54) is 0 Å². The Bertz CT molecular complexity index is 194. The highest BCUT2D eigenvalue weighted by Gasteiger charge is 2.02. The van der Waals surface area contributed by atoms with Gasteiger partial charge in [0.15, 0.2) is 0 Å². The number of nitrogens with zero attached hydrogens (tertiary/aromatic N) is 1. The van der Waals surface area contributed by atoms with E-state index in [1.807, 2.05) is 5.32 Å². The van der Waals surface area contributed by atoms with Crippen molar-refractivity contribution >= 4 is 17.6 Å². The van der Waals surface area contributed by atoms with Gasteiger partial charge in [0.25, 0.3) is 5.91 Å². The molecule has 0 aliphatic rings. The molecule has 0 aromatic carbocycles. The fraction of sp³-hybridized carbons (Fsp3) is 0.500. The quantitative estimate of drug-likeness (QED) is 0.514. The van der Waals surface area contributed by atoms with Crippen LogP contribution in [0.2, 0.25) is 0 Å². The van der Waals surface area contributed by atoms with Gasteiger partial charge in [0.2, 0.25) is 0 Å². The number of aliphatic hydroxyl groups is 1. The summed E-state index contributed by atoms with van der Waals surface area (Å²) in [6.45, 7) is 2.55. The van der Waals surface area contributed by atoms with Crippen LogP contribution in [0.4, 0.5) is 4.79 Å². The Morgan fingerprint density at radius 2 is 2.00 bits per heavy atom. The molecule has 5 heteroatoms. The third kappa shape index (κ3) is 5.23. The molecule has 0 spiro atoms. The summed E-state index contributed by atoms with van der Waals surface area (Å²) in [4.78, 5) is 24.3. The highest BCUT2D eigenvalue weighted by molar-refractivity contribution is 6.00. The Kier molecular flexibility index (Phi) is 4.05. The second kappa shape index (κ2) is 4.56. The molecule has 62 valence electrons. The van der Waals surface area contributed by atoms with E-state index in [4.69, 9.17) is 5.11 Å². The average Bonchev–Trinajstić information content (AvgIpc) is 1.85. The zero-order valence-corrected chi connectivity index (χ0v) is 6.42. The molecule has 0 aliphatic carbocycles. The molecule has 0 saturated carbocycles. The van der Waals surface area contributed by atoms with Crippen LogP contribution < -0.4 is 5.32 Å². The molecular formula is C6H10N2O3. The van der Waals surface area contributed by atoms with Crippen LogP contribution in [0.5, 0.6) is 0 Å². The standard InChI is InChI=1S/C6H10N2O3/c1-4(2)7-6(11)8-5(10)3-9/h9H,3H2,1-2H3,(H,8,10,11). The third-order valence-electron chi connectivity index (χ3n) is 0.715. The lowest BCUT2D eigenvalue weighted by molar-refractivity contribution is -0.122. The van der Waals surface area contributed by atoms with Crippen LogP contribution in [0.25, 0.3) is 0 Å². The van der Waals surface area contributed by atoms with Crippen molar-refractivity contribution < 1.29 is 14.7 Å². The zero-order valence-electron chi connectivity index (χ0n) is 6.42. The topological polar surface area (TPSA) is 78.8 Å². The number of amides is 3. The SMILES string of the molecule is CC(C)=NC(=O)NC(=O)CO. The van der Waals surface area contributed by atoms with Gasteiger partial charge in [0.05, 0.1) is 0 Å². The molecule has 0 atom stereocenters. The lowest BCUT2D eigenvalue weighted by atomic mass is 10.5. The van der Waals surface area contributed by atoms with E-state index in [-0.39, 0.29) is 0 Å². The highest BCUT2D eigenvalue weighted by atomic mass is 16.3. The highest BCUT2D eigenvalue weighted by Crippen LogP contribution is 1.78. The normalized spacial score (nSPS) is 8.64. The fourth-order valence-electron chi connectivity index (χ4n) is 0.390. The summed E-state index contributed by atoms with van der Waals surface area (Å²) in [5.41, 5.74) is 0.549. The number of hydrogen-bond acceptors (Lipinski definition) is 3. The van der Waals surface area contributed by atoms with E-state index < -0.39 is 18.5 Å². The molecule has 0 unspecified atom stereocenters. The van der Waals surface area contributed by atoms with Crippen molar-refractivity contribution in [1.29, 1.82) is 0 Å². The number of rotatable bonds is 1. The maximum atomic E-state index is 10.6. The van der Waals surface area contributed by atoms with E-state index in [1.54, 1.807) is 13.8 Å². The molecule has 0 radical (unpaired) electrons. The summed E-state index contributed by atoms with van der Waals surface area (Å²) < 4.78 is 0. The summed E-state index contributed by atoms with van der Waals surface area (Å²) in [6, 6.07) is -0.746. The second-order valence-corrected chi connectivity index (χ2v) is 2.07. The Morgan fingerprint density at radius 1 is 1.45 bits per heavy atom. The van der Waals surface area contributed by atoms with Gasteiger partial charge in [-0.2, -0.15) is 0 Å². The monoisotopic (exact) mass is 158 g/mol. The van der Waals surface area contributed by atoms with Gasteiger partial charge in [-0.15, -0.1) is 0 Å². The van der Waals surface area contributed by atoms with Crippen LogP contribution in [0, 0.1) is 0 Å². The van der Waals surface area contributed by atoms with Crippen LogP contribution in [0.15, 0.2) is 4.99 Å². The minimum Gasteiger partial charge on any atom is -0.387 e. The number of hydrogen-bond donors (Lipinski definition) is 2. The Hall–Kier alpha value is -1.23. The molecule has 5 nitrogen and oxygen atoms in total. The zero-order chi connectivity index (χ0) is 8.85. The van der Waals surface area contributed by atoms with Crippen molar-refractivity contribution in [3.8, 4) is 0 Å². The summed E-state index contributed by atoms with van der Waals surface area (Å²) in [7, 11) is 0. The smallest absolute Gasteiger partial charge is 0.347 e. The van der Waals surface area contributed by atoms with Crippen molar-refractivity contribution in [1.82, 2.24) is 5.32 Å². The number of carbonyl (C=O) groups is 2. The fourth-order valence-corrected chi connectivity index (χ4v) is 0.390. The Labute approximate surface area is 64.1 Å². The summed E-state index contributed by atoms with van der Waals surface area (Å²) in [5, 5.41) is 10.1. The first-order valence-corrected chi connectivity index (χ1v) is 3.03. The molecule has 0 heterocycles. The Balaban J connectivity index is 3.89. The molecule has 3 amide bonds. The van der Waals surface area contributed by atoms with Crippen LogP contribution in [0.1, 0.15) is 13.8 Å². The van der Waals surface area contributed by atoms with E-state index in [0.29, 0.717) is 5.71 Å². The number of urea groups is 1. The minimum atomic E-state index is -0.750. The summed E-state index contributed by atoms with van der Waals surface area (Å²) >= 11 is 0. The molecule has 0 aromatic rings.